The lowest BCUT2D eigenvalue weighted by Crippen LogP contribution is -2.46. The van der Waals surface area contributed by atoms with Gasteiger partial charge in [-0.3, -0.25) is 15.0 Å². The zero-order valence-corrected chi connectivity index (χ0v) is 14.2. The predicted octanol–water partition coefficient (Wildman–Crippen LogP) is 2.47. The fraction of sp³-hybridized carbons (Fsp3) is 0.316. The lowest BCUT2D eigenvalue weighted by Gasteiger charge is -2.34. The minimum absolute atomic E-state index is 0.111. The molecular formula is C19H20N4O2. The third kappa shape index (κ3) is 4.14. The topological polar surface area (TPSA) is 62.5 Å². The molecule has 0 bridgehead atoms. The molecule has 0 amide bonds. The van der Waals surface area contributed by atoms with Gasteiger partial charge in [-0.15, -0.1) is 0 Å². The highest BCUT2D eigenvalue weighted by Gasteiger charge is 2.26. The summed E-state index contributed by atoms with van der Waals surface area (Å²) in [5.74, 6) is 6.83. The van der Waals surface area contributed by atoms with Gasteiger partial charge in [-0.25, -0.2) is 4.98 Å². The van der Waals surface area contributed by atoms with Crippen LogP contribution in [0.25, 0.3) is 0 Å². The fourth-order valence-corrected chi connectivity index (χ4v) is 2.89. The van der Waals surface area contributed by atoms with Gasteiger partial charge in [0.2, 0.25) is 5.82 Å². The molecule has 0 aliphatic carbocycles. The Morgan fingerprint density at radius 2 is 1.88 bits per heavy atom. The summed E-state index contributed by atoms with van der Waals surface area (Å²) in [5, 5.41) is 11.3. The predicted molar refractivity (Wildman–Crippen MR) is 97.6 cm³/mol. The maximum absolute atomic E-state index is 11.3. The average molecular weight is 336 g/mol. The van der Waals surface area contributed by atoms with E-state index in [4.69, 9.17) is 0 Å². The largest absolute Gasteiger partial charge is 0.348 e. The van der Waals surface area contributed by atoms with Crippen molar-refractivity contribution in [3.8, 4) is 11.8 Å². The van der Waals surface area contributed by atoms with Gasteiger partial charge in [0.25, 0.3) is 0 Å². The van der Waals surface area contributed by atoms with Gasteiger partial charge < -0.3 is 4.90 Å². The van der Waals surface area contributed by atoms with E-state index >= 15 is 0 Å². The van der Waals surface area contributed by atoms with Crippen LogP contribution in [0.1, 0.15) is 11.1 Å². The third-order valence-electron chi connectivity index (χ3n) is 4.27. The van der Waals surface area contributed by atoms with Crippen LogP contribution >= 0.6 is 0 Å². The summed E-state index contributed by atoms with van der Waals surface area (Å²) >= 11 is 0. The summed E-state index contributed by atoms with van der Waals surface area (Å²) in [6.45, 7) is 5.51. The standard InChI is InChI=1S/C19H20N4O2/c1-16-9-10-20-19(18(16)23(24)25)22-14-12-21(13-15-22)11-5-8-17-6-3-2-4-7-17/h2-4,6-7,9-10H,11-15H2,1H3. The van der Waals surface area contributed by atoms with Crippen LogP contribution in [0.15, 0.2) is 42.6 Å². The summed E-state index contributed by atoms with van der Waals surface area (Å²) in [4.78, 5) is 19.5. The molecule has 0 N–H and O–H groups in total. The number of rotatable bonds is 3. The van der Waals surface area contributed by atoms with Crippen molar-refractivity contribution in [2.24, 2.45) is 0 Å². The minimum atomic E-state index is -0.338. The van der Waals surface area contributed by atoms with E-state index in [1.165, 1.54) is 0 Å². The van der Waals surface area contributed by atoms with E-state index < -0.39 is 0 Å². The Morgan fingerprint density at radius 3 is 2.56 bits per heavy atom. The molecule has 1 saturated heterocycles. The fourth-order valence-electron chi connectivity index (χ4n) is 2.89. The van der Waals surface area contributed by atoms with Crippen molar-refractivity contribution in [1.29, 1.82) is 0 Å². The molecule has 1 aliphatic heterocycles. The van der Waals surface area contributed by atoms with E-state index in [9.17, 15) is 10.1 Å². The number of aryl methyl sites for hydroxylation is 1. The van der Waals surface area contributed by atoms with Gasteiger partial charge >= 0.3 is 5.69 Å². The molecule has 0 unspecified atom stereocenters. The molecule has 0 spiro atoms. The zero-order chi connectivity index (χ0) is 17.6. The number of hydrogen-bond donors (Lipinski definition) is 0. The molecule has 0 radical (unpaired) electrons. The minimum Gasteiger partial charge on any atom is -0.348 e. The van der Waals surface area contributed by atoms with Crippen LogP contribution in [-0.2, 0) is 0 Å². The van der Waals surface area contributed by atoms with E-state index in [1.54, 1.807) is 19.2 Å². The highest BCUT2D eigenvalue weighted by atomic mass is 16.6. The van der Waals surface area contributed by atoms with Crippen molar-refractivity contribution in [3.05, 3.63) is 63.8 Å². The van der Waals surface area contributed by atoms with Crippen LogP contribution in [0, 0.1) is 28.9 Å². The molecule has 0 saturated carbocycles. The molecule has 2 heterocycles. The zero-order valence-electron chi connectivity index (χ0n) is 14.2. The quantitative estimate of drug-likeness (QED) is 0.489. The number of nitro groups is 1. The van der Waals surface area contributed by atoms with Gasteiger partial charge in [0, 0.05) is 43.5 Å². The van der Waals surface area contributed by atoms with Gasteiger partial charge in [0.1, 0.15) is 0 Å². The third-order valence-corrected chi connectivity index (χ3v) is 4.27. The summed E-state index contributed by atoms with van der Waals surface area (Å²) in [5.41, 5.74) is 1.77. The second-order valence-electron chi connectivity index (χ2n) is 5.99. The average Bonchev–Trinajstić information content (AvgIpc) is 2.63. The monoisotopic (exact) mass is 336 g/mol. The number of piperazine rings is 1. The SMILES string of the molecule is Cc1ccnc(N2CCN(CC#Cc3ccccc3)CC2)c1[N+](=O)[O-]. The smallest absolute Gasteiger partial charge is 0.314 e. The first kappa shape index (κ1) is 16.9. The second-order valence-corrected chi connectivity index (χ2v) is 5.99. The lowest BCUT2D eigenvalue weighted by atomic mass is 10.2. The molecule has 2 aromatic rings. The maximum atomic E-state index is 11.3. The normalized spacial score (nSPS) is 14.7. The van der Waals surface area contributed by atoms with Crippen LogP contribution in [0.3, 0.4) is 0 Å². The lowest BCUT2D eigenvalue weighted by molar-refractivity contribution is -0.384. The number of pyridine rings is 1. The van der Waals surface area contributed by atoms with Crippen LogP contribution < -0.4 is 4.90 Å². The Kier molecular flexibility index (Phi) is 5.26. The summed E-state index contributed by atoms with van der Waals surface area (Å²) in [6.07, 6.45) is 1.63. The first-order valence-electron chi connectivity index (χ1n) is 8.26. The van der Waals surface area contributed by atoms with E-state index in [0.717, 1.165) is 18.7 Å². The van der Waals surface area contributed by atoms with Crippen LogP contribution in [0.2, 0.25) is 0 Å². The molecule has 128 valence electrons. The van der Waals surface area contributed by atoms with Crippen molar-refractivity contribution >= 4 is 11.5 Å². The summed E-state index contributed by atoms with van der Waals surface area (Å²) in [6, 6.07) is 11.6. The van der Waals surface area contributed by atoms with Gasteiger partial charge in [-0.05, 0) is 25.1 Å². The molecule has 6 nitrogen and oxygen atoms in total. The van der Waals surface area contributed by atoms with Gasteiger partial charge in [0.15, 0.2) is 0 Å². The van der Waals surface area contributed by atoms with Crippen molar-refractivity contribution in [3.63, 3.8) is 0 Å². The van der Waals surface area contributed by atoms with E-state index in [1.807, 2.05) is 35.2 Å². The van der Waals surface area contributed by atoms with E-state index in [0.29, 0.717) is 31.0 Å². The number of aromatic nitrogens is 1. The van der Waals surface area contributed by atoms with Crippen molar-refractivity contribution in [2.45, 2.75) is 6.92 Å². The van der Waals surface area contributed by atoms with Crippen LogP contribution in [0.5, 0.6) is 0 Å². The van der Waals surface area contributed by atoms with Crippen molar-refractivity contribution < 1.29 is 4.92 Å². The van der Waals surface area contributed by atoms with E-state index in [2.05, 4.69) is 21.7 Å². The van der Waals surface area contributed by atoms with Gasteiger partial charge in [-0.1, -0.05) is 30.0 Å². The number of hydrogen-bond acceptors (Lipinski definition) is 5. The number of benzene rings is 1. The highest BCUT2D eigenvalue weighted by molar-refractivity contribution is 5.61. The Balaban J connectivity index is 1.61. The molecule has 0 atom stereocenters. The van der Waals surface area contributed by atoms with Crippen molar-refractivity contribution in [2.75, 3.05) is 37.6 Å². The molecule has 1 aromatic carbocycles. The molecule has 1 aromatic heterocycles. The highest BCUT2D eigenvalue weighted by Crippen LogP contribution is 2.29. The maximum Gasteiger partial charge on any atom is 0.314 e. The summed E-state index contributed by atoms with van der Waals surface area (Å²) < 4.78 is 0. The van der Waals surface area contributed by atoms with Crippen LogP contribution in [-0.4, -0.2) is 47.5 Å². The Hall–Kier alpha value is -2.91. The number of anilines is 1. The van der Waals surface area contributed by atoms with Gasteiger partial charge in [0.05, 0.1) is 11.5 Å². The first-order valence-corrected chi connectivity index (χ1v) is 8.26. The van der Waals surface area contributed by atoms with Crippen molar-refractivity contribution in [1.82, 2.24) is 9.88 Å². The summed E-state index contributed by atoms with van der Waals surface area (Å²) in [7, 11) is 0. The van der Waals surface area contributed by atoms with E-state index in [-0.39, 0.29) is 10.6 Å². The molecule has 1 fully saturated rings. The molecular weight excluding hydrogens is 316 g/mol. The molecule has 25 heavy (non-hydrogen) atoms. The first-order chi connectivity index (χ1) is 12.1. The molecule has 6 heteroatoms. The Labute approximate surface area is 147 Å². The molecule has 1 aliphatic rings. The Bertz CT molecular complexity index is 803. The molecule has 3 rings (SSSR count). The van der Waals surface area contributed by atoms with Crippen LogP contribution in [0.4, 0.5) is 11.5 Å². The number of nitrogens with zero attached hydrogens (tertiary/aromatic N) is 4. The second kappa shape index (κ2) is 7.77. The Morgan fingerprint density at radius 1 is 1.16 bits per heavy atom. The van der Waals surface area contributed by atoms with Gasteiger partial charge in [-0.2, -0.15) is 0 Å².